The lowest BCUT2D eigenvalue weighted by Crippen LogP contribution is -2.23. The van der Waals surface area contributed by atoms with Crippen molar-refractivity contribution in [3.05, 3.63) is 29.6 Å². The van der Waals surface area contributed by atoms with Crippen LogP contribution in [-0.4, -0.2) is 9.55 Å². The number of imidazole rings is 1. The summed E-state index contributed by atoms with van der Waals surface area (Å²) in [6, 6.07) is 6.41. The van der Waals surface area contributed by atoms with Gasteiger partial charge in [0.2, 0.25) is 0 Å². The van der Waals surface area contributed by atoms with Gasteiger partial charge in [0.1, 0.15) is 5.82 Å². The Bertz CT molecular complexity index is 586. The van der Waals surface area contributed by atoms with Gasteiger partial charge in [0.15, 0.2) is 0 Å². The van der Waals surface area contributed by atoms with Crippen LogP contribution in [0, 0.1) is 0 Å². The minimum atomic E-state index is 0.0803. The van der Waals surface area contributed by atoms with Crippen molar-refractivity contribution >= 4 is 11.0 Å². The summed E-state index contributed by atoms with van der Waals surface area (Å²) in [6.07, 6.45) is 2.56. The maximum absolute atomic E-state index is 5.71. The van der Waals surface area contributed by atoms with Crippen molar-refractivity contribution in [2.24, 2.45) is 5.73 Å². The molecule has 0 radical (unpaired) electrons. The Hall–Kier alpha value is -1.35. The number of hydrogen-bond donors (Lipinski definition) is 1. The fourth-order valence-corrected chi connectivity index (χ4v) is 2.59. The van der Waals surface area contributed by atoms with Gasteiger partial charge in [-0.2, -0.15) is 0 Å². The zero-order valence-corrected chi connectivity index (χ0v) is 11.4. The van der Waals surface area contributed by atoms with Gasteiger partial charge in [-0.3, -0.25) is 0 Å². The van der Waals surface area contributed by atoms with Crippen LogP contribution in [0.5, 0.6) is 0 Å². The highest BCUT2D eigenvalue weighted by Crippen LogP contribution is 2.42. The van der Waals surface area contributed by atoms with Crippen LogP contribution in [0.15, 0.2) is 18.2 Å². The number of nitrogens with zero attached hydrogens (tertiary/aromatic N) is 2. The van der Waals surface area contributed by atoms with Gasteiger partial charge in [0, 0.05) is 18.0 Å². The summed E-state index contributed by atoms with van der Waals surface area (Å²) in [5.41, 5.74) is 9.28. The van der Waals surface area contributed by atoms with Crippen molar-refractivity contribution in [3.63, 3.8) is 0 Å². The standard InChI is InChI=1S/C15H21N3/c1-15(2,3)18-13-7-4-10(9-16)8-12(13)17-14(18)11-5-6-11/h4,7-8,11H,5-6,9,16H2,1-3H3. The van der Waals surface area contributed by atoms with Gasteiger partial charge in [0.05, 0.1) is 11.0 Å². The summed E-state index contributed by atoms with van der Waals surface area (Å²) < 4.78 is 2.40. The average Bonchev–Trinajstić information content (AvgIpc) is 3.07. The first-order valence-electron chi connectivity index (χ1n) is 6.72. The maximum atomic E-state index is 5.71. The molecule has 1 aliphatic rings. The topological polar surface area (TPSA) is 43.8 Å². The Labute approximate surface area is 108 Å². The minimum absolute atomic E-state index is 0.0803. The van der Waals surface area contributed by atoms with Crippen molar-refractivity contribution in [2.45, 2.75) is 51.6 Å². The van der Waals surface area contributed by atoms with Gasteiger partial charge in [0.25, 0.3) is 0 Å². The van der Waals surface area contributed by atoms with Crippen LogP contribution in [0.4, 0.5) is 0 Å². The van der Waals surface area contributed by atoms with Crippen LogP contribution in [0.3, 0.4) is 0 Å². The van der Waals surface area contributed by atoms with Crippen molar-refractivity contribution in [1.82, 2.24) is 9.55 Å². The van der Waals surface area contributed by atoms with E-state index in [0.717, 1.165) is 11.1 Å². The molecule has 18 heavy (non-hydrogen) atoms. The second-order valence-corrected chi connectivity index (χ2v) is 6.28. The van der Waals surface area contributed by atoms with Crippen LogP contribution in [0.2, 0.25) is 0 Å². The Morgan fingerprint density at radius 1 is 1.33 bits per heavy atom. The average molecular weight is 243 g/mol. The number of rotatable bonds is 2. The molecule has 1 fully saturated rings. The largest absolute Gasteiger partial charge is 0.326 e. The summed E-state index contributed by atoms with van der Waals surface area (Å²) in [4.78, 5) is 4.86. The van der Waals surface area contributed by atoms with Crippen molar-refractivity contribution in [2.75, 3.05) is 0 Å². The molecule has 1 heterocycles. The molecule has 96 valence electrons. The molecule has 0 aliphatic heterocycles. The Morgan fingerprint density at radius 3 is 2.61 bits per heavy atom. The molecule has 3 nitrogen and oxygen atoms in total. The molecule has 0 amide bonds. The first kappa shape index (κ1) is 11.7. The van der Waals surface area contributed by atoms with Gasteiger partial charge < -0.3 is 10.3 Å². The molecule has 2 N–H and O–H groups in total. The molecule has 1 aromatic carbocycles. The summed E-state index contributed by atoms with van der Waals surface area (Å²) >= 11 is 0. The highest BCUT2D eigenvalue weighted by atomic mass is 15.1. The van der Waals surface area contributed by atoms with Gasteiger partial charge in [-0.05, 0) is 51.3 Å². The molecule has 1 saturated carbocycles. The summed E-state index contributed by atoms with van der Waals surface area (Å²) in [6.45, 7) is 7.32. The van der Waals surface area contributed by atoms with E-state index in [0.29, 0.717) is 12.5 Å². The number of aromatic nitrogens is 2. The molecule has 3 heteroatoms. The van der Waals surface area contributed by atoms with E-state index in [1.807, 2.05) is 0 Å². The number of benzene rings is 1. The molecule has 0 spiro atoms. The zero-order chi connectivity index (χ0) is 12.9. The van der Waals surface area contributed by atoms with Gasteiger partial charge >= 0.3 is 0 Å². The Kier molecular flexibility index (Phi) is 2.49. The fraction of sp³-hybridized carbons (Fsp3) is 0.533. The normalized spacial score (nSPS) is 16.4. The molecule has 0 atom stereocenters. The monoisotopic (exact) mass is 243 g/mol. The molecule has 1 aliphatic carbocycles. The highest BCUT2D eigenvalue weighted by molar-refractivity contribution is 5.77. The molecule has 2 aromatic rings. The predicted molar refractivity (Wildman–Crippen MR) is 74.6 cm³/mol. The van der Waals surface area contributed by atoms with Crippen molar-refractivity contribution in [1.29, 1.82) is 0 Å². The molecule has 0 bridgehead atoms. The van der Waals surface area contributed by atoms with Gasteiger partial charge in [-0.15, -0.1) is 0 Å². The lowest BCUT2D eigenvalue weighted by Gasteiger charge is -2.24. The van der Waals surface area contributed by atoms with E-state index >= 15 is 0 Å². The fourth-order valence-electron chi connectivity index (χ4n) is 2.59. The van der Waals surface area contributed by atoms with Crippen LogP contribution in [0.25, 0.3) is 11.0 Å². The molecule has 0 unspecified atom stereocenters. The van der Waals surface area contributed by atoms with Crippen molar-refractivity contribution < 1.29 is 0 Å². The maximum Gasteiger partial charge on any atom is 0.113 e. The quantitative estimate of drug-likeness (QED) is 0.880. The first-order chi connectivity index (χ1) is 8.50. The lowest BCUT2D eigenvalue weighted by atomic mass is 10.1. The van der Waals surface area contributed by atoms with Gasteiger partial charge in [-0.1, -0.05) is 6.07 Å². The number of nitrogens with two attached hydrogens (primary N) is 1. The van der Waals surface area contributed by atoms with Crippen LogP contribution in [0.1, 0.15) is 50.9 Å². The first-order valence-corrected chi connectivity index (χ1v) is 6.72. The predicted octanol–water partition coefficient (Wildman–Crippen LogP) is 3.13. The summed E-state index contributed by atoms with van der Waals surface area (Å²) in [5, 5.41) is 0. The smallest absolute Gasteiger partial charge is 0.113 e. The third-order valence-electron chi connectivity index (χ3n) is 3.59. The van der Waals surface area contributed by atoms with E-state index in [4.69, 9.17) is 10.7 Å². The number of fused-ring (bicyclic) bond motifs is 1. The second kappa shape index (κ2) is 3.82. The van der Waals surface area contributed by atoms with E-state index in [2.05, 4.69) is 43.5 Å². The number of hydrogen-bond acceptors (Lipinski definition) is 2. The highest BCUT2D eigenvalue weighted by Gasteiger charge is 2.32. The minimum Gasteiger partial charge on any atom is -0.326 e. The van der Waals surface area contributed by atoms with E-state index in [-0.39, 0.29) is 5.54 Å². The molecular formula is C15H21N3. The van der Waals surface area contributed by atoms with E-state index in [9.17, 15) is 0 Å². The summed E-state index contributed by atoms with van der Waals surface area (Å²) in [5.74, 6) is 1.92. The lowest BCUT2D eigenvalue weighted by molar-refractivity contribution is 0.394. The molecular weight excluding hydrogens is 222 g/mol. The van der Waals surface area contributed by atoms with Crippen molar-refractivity contribution in [3.8, 4) is 0 Å². The van der Waals surface area contributed by atoms with Crippen LogP contribution in [-0.2, 0) is 12.1 Å². The Balaban J connectivity index is 2.26. The third-order valence-corrected chi connectivity index (χ3v) is 3.59. The van der Waals surface area contributed by atoms with E-state index in [1.54, 1.807) is 0 Å². The zero-order valence-electron chi connectivity index (χ0n) is 11.4. The van der Waals surface area contributed by atoms with E-state index in [1.165, 1.54) is 24.2 Å². The molecule has 1 aromatic heterocycles. The third kappa shape index (κ3) is 1.83. The van der Waals surface area contributed by atoms with E-state index < -0.39 is 0 Å². The molecule has 0 saturated heterocycles. The van der Waals surface area contributed by atoms with Gasteiger partial charge in [-0.25, -0.2) is 4.98 Å². The second-order valence-electron chi connectivity index (χ2n) is 6.28. The Morgan fingerprint density at radius 2 is 2.06 bits per heavy atom. The van der Waals surface area contributed by atoms with Crippen LogP contribution >= 0.6 is 0 Å². The van der Waals surface area contributed by atoms with Crippen LogP contribution < -0.4 is 5.73 Å². The SMILES string of the molecule is CC(C)(C)n1c(C2CC2)nc2cc(CN)ccc21. The molecule has 3 rings (SSSR count). The summed E-state index contributed by atoms with van der Waals surface area (Å²) in [7, 11) is 0.